The second-order valence-electron chi connectivity index (χ2n) is 4.82. The number of hydrogen-bond donors (Lipinski definition) is 1. The van der Waals surface area contributed by atoms with Gasteiger partial charge in [0.25, 0.3) is 0 Å². The molecule has 0 aliphatic rings. The summed E-state index contributed by atoms with van der Waals surface area (Å²) >= 11 is 5.71. The molecule has 2 N–H and O–H groups in total. The van der Waals surface area contributed by atoms with Crippen LogP contribution in [-0.4, -0.2) is 15.0 Å². The molecule has 0 saturated carbocycles. The molecule has 124 valence electrons. The van der Waals surface area contributed by atoms with Crippen molar-refractivity contribution in [2.45, 2.75) is 16.6 Å². The van der Waals surface area contributed by atoms with Gasteiger partial charge in [0.2, 0.25) is 0 Å². The third-order valence-corrected chi connectivity index (χ3v) is 5.75. The number of halogens is 4. The summed E-state index contributed by atoms with van der Waals surface area (Å²) in [5.41, 5.74) is 4.54. The summed E-state index contributed by atoms with van der Waals surface area (Å²) < 4.78 is 66.8. The van der Waals surface area contributed by atoms with Crippen LogP contribution in [0.2, 0.25) is 5.02 Å². The zero-order valence-electron chi connectivity index (χ0n) is 11.8. The average Bonchev–Trinajstić information content (AvgIpc) is 2.51. The van der Waals surface area contributed by atoms with Gasteiger partial charge in [0, 0.05) is 10.6 Å². The number of sulfone groups is 1. The monoisotopic (exact) mass is 363 g/mol. The van der Waals surface area contributed by atoms with E-state index >= 15 is 0 Å². The van der Waals surface area contributed by atoms with E-state index in [1.54, 1.807) is 0 Å². The van der Waals surface area contributed by atoms with E-state index in [0.29, 0.717) is 17.2 Å². The SMILES string of the molecule is NCCC(c1c(F)ccc(F)c1F)S(=O)(=O)c1ccc(Cl)cc1. The maximum Gasteiger partial charge on any atom is 0.185 e. The molecule has 23 heavy (non-hydrogen) atoms. The molecule has 0 heterocycles. The Balaban J connectivity index is 2.63. The van der Waals surface area contributed by atoms with Crippen LogP contribution in [0.5, 0.6) is 0 Å². The highest BCUT2D eigenvalue weighted by Gasteiger charge is 2.34. The molecular weight excluding hydrogens is 351 g/mol. The molecule has 2 aromatic rings. The maximum absolute atomic E-state index is 14.0. The summed E-state index contributed by atoms with van der Waals surface area (Å²) in [6.45, 7) is -0.146. The van der Waals surface area contributed by atoms with E-state index in [9.17, 15) is 21.6 Å². The minimum atomic E-state index is -4.18. The Labute approximate surface area is 136 Å². The molecule has 0 bridgehead atoms. The van der Waals surface area contributed by atoms with E-state index in [1.165, 1.54) is 24.3 Å². The molecule has 1 unspecified atom stereocenters. The molecule has 0 saturated heterocycles. The van der Waals surface area contributed by atoms with E-state index in [0.717, 1.165) is 0 Å². The number of benzene rings is 2. The van der Waals surface area contributed by atoms with Crippen LogP contribution in [0.25, 0.3) is 0 Å². The van der Waals surface area contributed by atoms with Crippen LogP contribution in [0, 0.1) is 17.5 Å². The number of rotatable bonds is 5. The highest BCUT2D eigenvalue weighted by atomic mass is 35.5. The quantitative estimate of drug-likeness (QED) is 0.825. The lowest BCUT2D eigenvalue weighted by Crippen LogP contribution is -2.20. The first-order chi connectivity index (χ1) is 10.8. The van der Waals surface area contributed by atoms with Crippen LogP contribution >= 0.6 is 11.6 Å². The lowest BCUT2D eigenvalue weighted by molar-refractivity contribution is 0.471. The Hall–Kier alpha value is -1.57. The summed E-state index contributed by atoms with van der Waals surface area (Å²) in [5.74, 6) is -3.99. The van der Waals surface area contributed by atoms with Crippen LogP contribution in [0.3, 0.4) is 0 Å². The maximum atomic E-state index is 14.0. The summed E-state index contributed by atoms with van der Waals surface area (Å²) in [4.78, 5) is -0.177. The summed E-state index contributed by atoms with van der Waals surface area (Å²) in [7, 11) is -4.18. The molecular formula is C15H13ClF3NO2S. The topological polar surface area (TPSA) is 60.2 Å². The highest BCUT2D eigenvalue weighted by Crippen LogP contribution is 2.35. The van der Waals surface area contributed by atoms with Crippen molar-refractivity contribution >= 4 is 21.4 Å². The summed E-state index contributed by atoms with van der Waals surface area (Å²) in [5, 5.41) is -1.33. The molecule has 0 aliphatic heterocycles. The minimum absolute atomic E-state index is 0.146. The minimum Gasteiger partial charge on any atom is -0.330 e. The van der Waals surface area contributed by atoms with Gasteiger partial charge in [-0.3, -0.25) is 0 Å². The number of hydrogen-bond acceptors (Lipinski definition) is 3. The van der Waals surface area contributed by atoms with Gasteiger partial charge in [-0.15, -0.1) is 0 Å². The van der Waals surface area contributed by atoms with Gasteiger partial charge in [-0.1, -0.05) is 11.6 Å². The van der Waals surface area contributed by atoms with E-state index in [1.807, 2.05) is 0 Å². The highest BCUT2D eigenvalue weighted by molar-refractivity contribution is 7.91. The molecule has 2 rings (SSSR count). The third kappa shape index (κ3) is 3.52. The van der Waals surface area contributed by atoms with Crippen LogP contribution < -0.4 is 5.73 Å². The zero-order valence-corrected chi connectivity index (χ0v) is 13.3. The molecule has 0 fully saturated rings. The molecule has 1 atom stereocenters. The van der Waals surface area contributed by atoms with Crippen molar-refractivity contribution < 1.29 is 21.6 Å². The smallest absolute Gasteiger partial charge is 0.185 e. The average molecular weight is 364 g/mol. The van der Waals surface area contributed by atoms with E-state index in [4.69, 9.17) is 17.3 Å². The van der Waals surface area contributed by atoms with Crippen LogP contribution in [0.4, 0.5) is 13.2 Å². The van der Waals surface area contributed by atoms with E-state index < -0.39 is 38.1 Å². The van der Waals surface area contributed by atoms with Crippen molar-refractivity contribution in [3.8, 4) is 0 Å². The molecule has 0 spiro atoms. The van der Waals surface area contributed by atoms with Gasteiger partial charge in [-0.2, -0.15) is 0 Å². The predicted octanol–water partition coefficient (Wildman–Crippen LogP) is 3.62. The molecule has 0 radical (unpaired) electrons. The molecule has 0 aliphatic carbocycles. The summed E-state index contributed by atoms with van der Waals surface area (Å²) in [6.07, 6.45) is -0.262. The van der Waals surface area contributed by atoms with Crippen LogP contribution in [0.15, 0.2) is 41.3 Å². The Morgan fingerprint density at radius 2 is 1.57 bits per heavy atom. The lowest BCUT2D eigenvalue weighted by atomic mass is 10.1. The fourth-order valence-electron chi connectivity index (χ4n) is 2.23. The van der Waals surface area contributed by atoms with Crippen molar-refractivity contribution in [3.63, 3.8) is 0 Å². The Morgan fingerprint density at radius 1 is 1.00 bits per heavy atom. The lowest BCUT2D eigenvalue weighted by Gasteiger charge is -2.19. The van der Waals surface area contributed by atoms with Gasteiger partial charge in [-0.05, 0) is 49.4 Å². The Kier molecular flexibility index (Phi) is 5.33. The first-order valence-electron chi connectivity index (χ1n) is 6.62. The number of nitrogens with two attached hydrogens (primary N) is 1. The van der Waals surface area contributed by atoms with E-state index in [-0.39, 0.29) is 17.9 Å². The second kappa shape index (κ2) is 6.90. The van der Waals surface area contributed by atoms with Crippen LogP contribution in [-0.2, 0) is 9.84 Å². The largest absolute Gasteiger partial charge is 0.330 e. The molecule has 8 heteroatoms. The normalized spacial score (nSPS) is 13.1. The Bertz CT molecular complexity index is 810. The fraction of sp³-hybridized carbons (Fsp3) is 0.200. The van der Waals surface area contributed by atoms with Crippen molar-refractivity contribution in [3.05, 3.63) is 64.4 Å². The van der Waals surface area contributed by atoms with E-state index in [2.05, 4.69) is 0 Å². The van der Waals surface area contributed by atoms with Gasteiger partial charge >= 0.3 is 0 Å². The second-order valence-corrected chi connectivity index (χ2v) is 7.39. The van der Waals surface area contributed by atoms with Gasteiger partial charge in [-0.25, -0.2) is 21.6 Å². The fourth-order valence-corrected chi connectivity index (χ4v) is 4.18. The van der Waals surface area contributed by atoms with Gasteiger partial charge in [0.1, 0.15) is 5.82 Å². The molecule has 2 aromatic carbocycles. The first kappa shape index (κ1) is 17.8. The van der Waals surface area contributed by atoms with Crippen molar-refractivity contribution in [1.29, 1.82) is 0 Å². The zero-order chi connectivity index (χ0) is 17.2. The Morgan fingerprint density at radius 3 is 2.13 bits per heavy atom. The van der Waals surface area contributed by atoms with Crippen molar-refractivity contribution in [2.24, 2.45) is 5.73 Å². The van der Waals surface area contributed by atoms with Gasteiger partial charge < -0.3 is 5.73 Å². The van der Waals surface area contributed by atoms with Gasteiger partial charge in [0.15, 0.2) is 21.5 Å². The van der Waals surface area contributed by atoms with Crippen molar-refractivity contribution in [2.75, 3.05) is 6.54 Å². The van der Waals surface area contributed by atoms with Gasteiger partial charge in [0.05, 0.1) is 10.1 Å². The molecule has 3 nitrogen and oxygen atoms in total. The van der Waals surface area contributed by atoms with Crippen LogP contribution in [0.1, 0.15) is 17.2 Å². The van der Waals surface area contributed by atoms with Crippen molar-refractivity contribution in [1.82, 2.24) is 0 Å². The molecule has 0 amide bonds. The first-order valence-corrected chi connectivity index (χ1v) is 8.54. The predicted molar refractivity (Wildman–Crippen MR) is 81.4 cm³/mol. The third-order valence-electron chi connectivity index (χ3n) is 3.35. The molecule has 0 aromatic heterocycles. The summed E-state index contributed by atoms with van der Waals surface area (Å²) in [6, 6.07) is 6.41. The standard InChI is InChI=1S/C15H13ClF3NO2S/c16-9-1-3-10(4-2-9)23(21,22)13(7-8-20)14-11(17)5-6-12(18)15(14)19/h1-6,13H,7-8,20H2.